The van der Waals surface area contributed by atoms with Crippen LogP contribution in [0.4, 0.5) is 15.8 Å². The van der Waals surface area contributed by atoms with Gasteiger partial charge in [0, 0.05) is 30.3 Å². The van der Waals surface area contributed by atoms with E-state index in [1.807, 2.05) is 4.90 Å². The van der Waals surface area contributed by atoms with Crippen LogP contribution in [-0.4, -0.2) is 39.2 Å². The Morgan fingerprint density at radius 2 is 1.87 bits per heavy atom. The summed E-state index contributed by atoms with van der Waals surface area (Å²) in [5.74, 6) is -2.07. The molecule has 4 rings (SSSR count). The molecule has 0 unspecified atom stereocenters. The van der Waals surface area contributed by atoms with Crippen LogP contribution in [0.25, 0.3) is 22.8 Å². The summed E-state index contributed by atoms with van der Waals surface area (Å²) in [6.45, 7) is 1.46. The van der Waals surface area contributed by atoms with Crippen molar-refractivity contribution in [1.82, 2.24) is 10.1 Å². The van der Waals surface area contributed by atoms with E-state index in [1.165, 1.54) is 18.2 Å². The molecule has 9 nitrogen and oxygen atoms in total. The van der Waals surface area contributed by atoms with Crippen LogP contribution in [0, 0.1) is 15.9 Å². The van der Waals surface area contributed by atoms with Gasteiger partial charge < -0.3 is 14.5 Å². The summed E-state index contributed by atoms with van der Waals surface area (Å²) in [7, 11) is 0. The van der Waals surface area contributed by atoms with Gasteiger partial charge in [-0.3, -0.25) is 10.1 Å². The van der Waals surface area contributed by atoms with E-state index in [2.05, 4.69) is 10.1 Å². The van der Waals surface area contributed by atoms with Gasteiger partial charge in [0.25, 0.3) is 11.6 Å². The Bertz CT molecular complexity index is 1120. The number of nitro benzene ring substituents is 1. The van der Waals surface area contributed by atoms with Gasteiger partial charge in [0.15, 0.2) is 0 Å². The summed E-state index contributed by atoms with van der Waals surface area (Å²) < 4.78 is 19.2. The number of anilines is 1. The van der Waals surface area contributed by atoms with Crippen LogP contribution in [0.5, 0.6) is 0 Å². The molecule has 1 fully saturated rings. The molecule has 2 aromatic carbocycles. The first-order valence-electron chi connectivity index (χ1n) is 9.35. The third-order valence-corrected chi connectivity index (χ3v) is 5.00. The zero-order valence-corrected chi connectivity index (χ0v) is 15.7. The predicted molar refractivity (Wildman–Crippen MR) is 105 cm³/mol. The number of rotatable bonds is 5. The van der Waals surface area contributed by atoms with Gasteiger partial charge in [0.1, 0.15) is 11.5 Å². The average molecular weight is 412 g/mol. The number of piperidine rings is 1. The van der Waals surface area contributed by atoms with Crippen LogP contribution in [0.1, 0.15) is 29.6 Å². The highest BCUT2D eigenvalue weighted by Gasteiger charge is 2.23. The van der Waals surface area contributed by atoms with E-state index in [0.717, 1.165) is 44.5 Å². The van der Waals surface area contributed by atoms with Crippen LogP contribution in [0.15, 0.2) is 40.9 Å². The minimum atomic E-state index is -1.37. The molecular formula is C20H17FN4O5. The Morgan fingerprint density at radius 3 is 2.53 bits per heavy atom. The van der Waals surface area contributed by atoms with Crippen LogP contribution < -0.4 is 4.90 Å². The maximum absolute atomic E-state index is 14.0. The minimum absolute atomic E-state index is 0.00622. The number of hydrogen-bond acceptors (Lipinski definition) is 7. The second-order valence-corrected chi connectivity index (χ2v) is 6.93. The van der Waals surface area contributed by atoms with E-state index < -0.39 is 22.3 Å². The molecule has 0 atom stereocenters. The number of aromatic nitrogens is 2. The van der Waals surface area contributed by atoms with Gasteiger partial charge in [-0.05, 0) is 49.6 Å². The molecule has 0 bridgehead atoms. The number of carboxylic acid groups (broad SMARTS) is 1. The molecule has 154 valence electrons. The number of benzene rings is 2. The lowest BCUT2D eigenvalue weighted by Gasteiger charge is -2.28. The number of halogens is 1. The number of hydrogen-bond donors (Lipinski definition) is 1. The normalized spacial score (nSPS) is 14.0. The van der Waals surface area contributed by atoms with Crippen LogP contribution in [0.2, 0.25) is 0 Å². The number of aromatic carboxylic acids is 1. The van der Waals surface area contributed by atoms with Gasteiger partial charge in [-0.2, -0.15) is 4.98 Å². The summed E-state index contributed by atoms with van der Waals surface area (Å²) in [4.78, 5) is 28.2. The van der Waals surface area contributed by atoms with Crippen molar-refractivity contribution in [2.45, 2.75) is 19.3 Å². The molecule has 2 heterocycles. The first-order chi connectivity index (χ1) is 14.4. The average Bonchev–Trinajstić information content (AvgIpc) is 3.24. The Labute approximate surface area is 169 Å². The van der Waals surface area contributed by atoms with Gasteiger partial charge in [0.05, 0.1) is 10.5 Å². The first-order valence-corrected chi connectivity index (χ1v) is 9.35. The van der Waals surface area contributed by atoms with Crippen molar-refractivity contribution >= 4 is 17.3 Å². The van der Waals surface area contributed by atoms with E-state index in [1.54, 1.807) is 6.07 Å². The van der Waals surface area contributed by atoms with Crippen LogP contribution in [-0.2, 0) is 0 Å². The highest BCUT2D eigenvalue weighted by Crippen LogP contribution is 2.35. The molecule has 1 aliphatic rings. The fourth-order valence-electron chi connectivity index (χ4n) is 3.48. The molecule has 30 heavy (non-hydrogen) atoms. The van der Waals surface area contributed by atoms with Crippen LogP contribution in [0.3, 0.4) is 0 Å². The first kappa shape index (κ1) is 19.5. The predicted octanol–water partition coefficient (Wildman–Crippen LogP) is 4.14. The summed E-state index contributed by atoms with van der Waals surface area (Å²) >= 11 is 0. The number of carbonyl (C=O) groups is 1. The molecule has 0 amide bonds. The van der Waals surface area contributed by atoms with Crippen molar-refractivity contribution < 1.29 is 23.7 Å². The monoisotopic (exact) mass is 412 g/mol. The fraction of sp³-hybridized carbons (Fsp3) is 0.250. The fourth-order valence-corrected chi connectivity index (χ4v) is 3.48. The maximum atomic E-state index is 14.0. The SMILES string of the molecule is O=C(O)c1ccc(-c2noc(-c3ccc([N+](=O)[O-])c(N4CCCCC4)c3)n2)cc1F. The molecule has 1 aromatic heterocycles. The molecule has 1 N–H and O–H groups in total. The minimum Gasteiger partial charge on any atom is -0.478 e. The zero-order chi connectivity index (χ0) is 21.3. The van der Waals surface area contributed by atoms with Crippen LogP contribution >= 0.6 is 0 Å². The smallest absolute Gasteiger partial charge is 0.338 e. The lowest BCUT2D eigenvalue weighted by atomic mass is 10.1. The lowest BCUT2D eigenvalue weighted by molar-refractivity contribution is -0.384. The largest absolute Gasteiger partial charge is 0.478 e. The second kappa shape index (κ2) is 7.90. The molecule has 0 aliphatic carbocycles. The van der Waals surface area contributed by atoms with Crippen molar-refractivity contribution in [1.29, 1.82) is 0 Å². The van der Waals surface area contributed by atoms with Gasteiger partial charge in [0.2, 0.25) is 5.82 Å². The van der Waals surface area contributed by atoms with Crippen molar-refractivity contribution in [2.75, 3.05) is 18.0 Å². The molecule has 1 aliphatic heterocycles. The standard InChI is InChI=1S/C20H17FN4O5/c21-15-10-12(4-6-14(15)20(26)27)18-22-19(30-23-18)13-5-7-16(25(28)29)17(11-13)24-8-2-1-3-9-24/h4-7,10-11H,1-3,8-9H2,(H,26,27). The number of nitro groups is 1. The Balaban J connectivity index is 1.68. The zero-order valence-electron chi connectivity index (χ0n) is 15.7. The van der Waals surface area contributed by atoms with Gasteiger partial charge in [-0.15, -0.1) is 0 Å². The highest BCUT2D eigenvalue weighted by atomic mass is 19.1. The maximum Gasteiger partial charge on any atom is 0.338 e. The molecule has 0 saturated carbocycles. The molecular weight excluding hydrogens is 395 g/mol. The Kier molecular flexibility index (Phi) is 5.13. The molecule has 0 radical (unpaired) electrons. The molecule has 3 aromatic rings. The number of nitrogens with zero attached hydrogens (tertiary/aromatic N) is 4. The Hall–Kier alpha value is -3.82. The lowest BCUT2D eigenvalue weighted by Crippen LogP contribution is -2.29. The van der Waals surface area contributed by atoms with Gasteiger partial charge in [-0.1, -0.05) is 5.16 Å². The quantitative estimate of drug-likeness (QED) is 0.490. The highest BCUT2D eigenvalue weighted by molar-refractivity contribution is 5.88. The Morgan fingerprint density at radius 1 is 1.13 bits per heavy atom. The summed E-state index contributed by atoms with van der Waals surface area (Å²) in [5, 5.41) is 24.2. The van der Waals surface area contributed by atoms with E-state index in [0.29, 0.717) is 11.3 Å². The van der Waals surface area contributed by atoms with Crippen molar-refractivity contribution in [2.24, 2.45) is 0 Å². The van der Waals surface area contributed by atoms with Gasteiger partial charge >= 0.3 is 5.97 Å². The molecule has 0 spiro atoms. The summed E-state index contributed by atoms with van der Waals surface area (Å²) in [6, 6.07) is 8.11. The van der Waals surface area contributed by atoms with E-state index in [9.17, 15) is 19.3 Å². The third kappa shape index (κ3) is 3.71. The molecule has 1 saturated heterocycles. The molecule has 10 heteroatoms. The van der Waals surface area contributed by atoms with E-state index in [-0.39, 0.29) is 23.0 Å². The van der Waals surface area contributed by atoms with Gasteiger partial charge in [-0.25, -0.2) is 9.18 Å². The topological polar surface area (TPSA) is 123 Å². The second-order valence-electron chi connectivity index (χ2n) is 6.93. The van der Waals surface area contributed by atoms with Crippen molar-refractivity contribution in [3.05, 3.63) is 57.9 Å². The third-order valence-electron chi connectivity index (χ3n) is 5.00. The van der Waals surface area contributed by atoms with E-state index >= 15 is 0 Å². The summed E-state index contributed by atoms with van der Waals surface area (Å²) in [6.07, 6.45) is 3.02. The van der Waals surface area contributed by atoms with Crippen molar-refractivity contribution in [3.63, 3.8) is 0 Å². The van der Waals surface area contributed by atoms with E-state index in [4.69, 9.17) is 9.63 Å². The van der Waals surface area contributed by atoms with Crippen molar-refractivity contribution in [3.8, 4) is 22.8 Å². The number of carboxylic acids is 1. The summed E-state index contributed by atoms with van der Waals surface area (Å²) in [5.41, 5.74) is 0.803.